The van der Waals surface area contributed by atoms with Crippen LogP contribution < -0.4 is 5.84 Å². The van der Waals surface area contributed by atoms with Crippen molar-refractivity contribution in [3.05, 3.63) is 12.7 Å². The molecule has 102 valence electrons. The Morgan fingerprint density at radius 3 is 2.89 bits per heavy atom. The van der Waals surface area contributed by atoms with Crippen molar-refractivity contribution in [3.63, 3.8) is 0 Å². The fourth-order valence-electron chi connectivity index (χ4n) is 1.38. The Labute approximate surface area is 103 Å². The van der Waals surface area contributed by atoms with Crippen molar-refractivity contribution in [1.82, 2.24) is 4.78 Å². The number of nitrogens with zero attached hydrogens (tertiary/aromatic N) is 1. The number of halogens is 1. The van der Waals surface area contributed by atoms with E-state index in [0.29, 0.717) is 12.8 Å². The summed E-state index contributed by atoms with van der Waals surface area (Å²) in [6.45, 7) is 2.87. The Kier molecular flexibility index (Phi) is 5.01. The van der Waals surface area contributed by atoms with Gasteiger partial charge < -0.3 is 4.74 Å². The molecule has 2 N–H and O–H groups in total. The third-order valence-electron chi connectivity index (χ3n) is 2.26. The van der Waals surface area contributed by atoms with Crippen molar-refractivity contribution < 1.29 is 27.6 Å². The molecule has 0 spiro atoms. The maximum Gasteiger partial charge on any atom is 0.492 e. The maximum atomic E-state index is 13.4. The van der Waals surface area contributed by atoms with Crippen LogP contribution in [0.3, 0.4) is 0 Å². The summed E-state index contributed by atoms with van der Waals surface area (Å²) in [7, 11) is -4.95. The van der Waals surface area contributed by atoms with Gasteiger partial charge in [0.2, 0.25) is 0 Å². The molecule has 0 bridgehead atoms. The first-order chi connectivity index (χ1) is 8.36. The predicted octanol–water partition coefficient (Wildman–Crippen LogP) is 1.70. The fraction of sp³-hybridized carbons (Fsp3) is 0.556. The number of carbonyl (C=O) groups is 2. The van der Waals surface area contributed by atoms with E-state index in [0.717, 1.165) is 6.08 Å². The number of hydrazine groups is 1. The van der Waals surface area contributed by atoms with Gasteiger partial charge in [-0.05, 0) is 6.42 Å². The Hall–Kier alpha value is -1.24. The van der Waals surface area contributed by atoms with E-state index >= 15 is 0 Å². The molecule has 2 atom stereocenters. The highest BCUT2D eigenvalue weighted by Crippen LogP contribution is 2.50. The zero-order chi connectivity index (χ0) is 13.8. The molecule has 1 aliphatic rings. The average molecular weight is 280 g/mol. The molecule has 0 aromatic carbocycles. The van der Waals surface area contributed by atoms with Crippen LogP contribution in [0.4, 0.5) is 8.99 Å². The molecule has 0 aliphatic heterocycles. The van der Waals surface area contributed by atoms with Gasteiger partial charge in [-0.1, -0.05) is 6.08 Å². The molecular weight excluding hydrogens is 266 g/mol. The highest BCUT2D eigenvalue weighted by atomic mass is 31.2. The van der Waals surface area contributed by atoms with Gasteiger partial charge in [-0.2, -0.15) is 0 Å². The Morgan fingerprint density at radius 2 is 2.39 bits per heavy atom. The molecular formula is C9H14FN2O5P. The minimum absolute atomic E-state index is 0.0530. The minimum Gasteiger partial charge on any atom is -0.444 e. The van der Waals surface area contributed by atoms with E-state index in [1.165, 1.54) is 0 Å². The van der Waals surface area contributed by atoms with Crippen LogP contribution in [0.5, 0.6) is 0 Å². The number of rotatable bonds is 5. The van der Waals surface area contributed by atoms with Crippen LogP contribution in [0.1, 0.15) is 19.3 Å². The average Bonchev–Trinajstić information content (AvgIpc) is 2.71. The van der Waals surface area contributed by atoms with Crippen LogP contribution in [0, 0.1) is 0 Å². The van der Waals surface area contributed by atoms with Gasteiger partial charge in [0, 0.05) is 12.8 Å². The lowest BCUT2D eigenvalue weighted by Gasteiger charge is -2.20. The molecule has 9 heteroatoms. The van der Waals surface area contributed by atoms with Gasteiger partial charge in [0.05, 0.1) is 6.61 Å². The van der Waals surface area contributed by atoms with Crippen molar-refractivity contribution in [2.75, 3.05) is 6.61 Å². The quantitative estimate of drug-likeness (QED) is 0.270. The molecule has 0 saturated heterocycles. The SMILES string of the molecule is C=CCOP(=O)(F)N(N)C(=O)OC1CCC(=O)C1. The number of amides is 1. The Morgan fingerprint density at radius 1 is 1.72 bits per heavy atom. The second-order valence-corrected chi connectivity index (χ2v) is 5.26. The van der Waals surface area contributed by atoms with Crippen molar-refractivity contribution >= 4 is 19.7 Å². The first-order valence-corrected chi connectivity index (χ1v) is 6.66. The summed E-state index contributed by atoms with van der Waals surface area (Å²) in [5.41, 5.74) is 0. The summed E-state index contributed by atoms with van der Waals surface area (Å²) in [5.74, 6) is 4.97. The van der Waals surface area contributed by atoms with Crippen molar-refractivity contribution in [2.45, 2.75) is 25.4 Å². The fourth-order valence-corrected chi connectivity index (χ4v) is 2.04. The summed E-state index contributed by atoms with van der Waals surface area (Å²) in [6, 6.07) is 0. The van der Waals surface area contributed by atoms with E-state index in [1.54, 1.807) is 0 Å². The standard InChI is InChI=1S/C9H14FN2O5P/c1-2-5-16-18(10,15)12(11)9(14)17-8-4-3-7(13)6-8/h2,8H,1,3-6,11H2. The molecule has 7 nitrogen and oxygen atoms in total. The number of Topliss-reactive ketones (excluding diaryl/α,β-unsaturated/α-hetero) is 1. The van der Waals surface area contributed by atoms with Crippen LogP contribution in [0.15, 0.2) is 12.7 Å². The van der Waals surface area contributed by atoms with E-state index in [1.807, 2.05) is 0 Å². The topological polar surface area (TPSA) is 98.9 Å². The monoisotopic (exact) mass is 280 g/mol. The molecule has 1 rings (SSSR count). The summed E-state index contributed by atoms with van der Waals surface area (Å²) < 4.78 is 33.4. The second kappa shape index (κ2) is 6.08. The number of ether oxygens (including phenoxy) is 1. The number of ketones is 1. The van der Waals surface area contributed by atoms with Crippen LogP contribution in [0.2, 0.25) is 0 Å². The molecule has 0 heterocycles. The van der Waals surface area contributed by atoms with E-state index in [9.17, 15) is 18.4 Å². The van der Waals surface area contributed by atoms with Crippen molar-refractivity contribution in [2.24, 2.45) is 5.84 Å². The van der Waals surface area contributed by atoms with Gasteiger partial charge in [0.15, 0.2) is 0 Å². The van der Waals surface area contributed by atoms with Crippen molar-refractivity contribution in [3.8, 4) is 0 Å². The van der Waals surface area contributed by atoms with Gasteiger partial charge in [0.25, 0.3) is 0 Å². The van der Waals surface area contributed by atoms with Crippen LogP contribution in [-0.2, 0) is 18.6 Å². The summed E-state index contributed by atoms with van der Waals surface area (Å²) >= 11 is 0. The van der Waals surface area contributed by atoms with E-state index in [-0.39, 0.29) is 23.6 Å². The van der Waals surface area contributed by atoms with E-state index in [4.69, 9.17) is 10.6 Å². The van der Waals surface area contributed by atoms with Crippen LogP contribution >= 0.6 is 7.83 Å². The lowest BCUT2D eigenvalue weighted by atomic mass is 10.3. The number of nitrogens with two attached hydrogens (primary N) is 1. The lowest BCUT2D eigenvalue weighted by Crippen LogP contribution is -2.36. The van der Waals surface area contributed by atoms with Crippen LogP contribution in [-0.4, -0.2) is 29.4 Å². The molecule has 0 aromatic rings. The first-order valence-electron chi connectivity index (χ1n) is 5.19. The predicted molar refractivity (Wildman–Crippen MR) is 60.0 cm³/mol. The number of hydrogen-bond acceptors (Lipinski definition) is 6. The molecule has 1 amide bonds. The van der Waals surface area contributed by atoms with Crippen molar-refractivity contribution in [1.29, 1.82) is 0 Å². The molecule has 0 radical (unpaired) electrons. The van der Waals surface area contributed by atoms with Gasteiger partial charge in [0.1, 0.15) is 11.9 Å². The minimum atomic E-state index is -4.95. The van der Waals surface area contributed by atoms with Gasteiger partial charge in [-0.25, -0.2) is 15.2 Å². The normalized spacial score (nSPS) is 22.3. The molecule has 1 saturated carbocycles. The largest absolute Gasteiger partial charge is 0.492 e. The molecule has 18 heavy (non-hydrogen) atoms. The molecule has 1 fully saturated rings. The van der Waals surface area contributed by atoms with Gasteiger partial charge in [-0.15, -0.1) is 15.6 Å². The summed E-state index contributed by atoms with van der Waals surface area (Å²) in [6.07, 6.45) is -0.129. The maximum absolute atomic E-state index is 13.4. The molecule has 1 aliphatic carbocycles. The van der Waals surface area contributed by atoms with Crippen LogP contribution in [0.25, 0.3) is 0 Å². The highest BCUT2D eigenvalue weighted by Gasteiger charge is 2.37. The highest BCUT2D eigenvalue weighted by molar-refractivity contribution is 7.51. The summed E-state index contributed by atoms with van der Waals surface area (Å²) in [5, 5.41) is 0. The van der Waals surface area contributed by atoms with Gasteiger partial charge in [-0.3, -0.25) is 9.32 Å². The third-order valence-corrected chi connectivity index (χ3v) is 3.41. The first kappa shape index (κ1) is 14.8. The Bertz CT molecular complexity index is 402. The zero-order valence-electron chi connectivity index (χ0n) is 9.58. The van der Waals surface area contributed by atoms with Gasteiger partial charge >= 0.3 is 13.9 Å². The lowest BCUT2D eigenvalue weighted by molar-refractivity contribution is -0.117. The zero-order valence-corrected chi connectivity index (χ0v) is 10.5. The Balaban J connectivity index is 2.52. The number of hydrogen-bond donors (Lipinski definition) is 1. The second-order valence-electron chi connectivity index (χ2n) is 3.67. The third kappa shape index (κ3) is 3.90. The van der Waals surface area contributed by atoms with E-state index < -0.39 is 20.0 Å². The number of carbonyl (C=O) groups excluding carboxylic acids is 2. The smallest absolute Gasteiger partial charge is 0.444 e. The molecule has 2 unspecified atom stereocenters. The molecule has 0 aromatic heterocycles. The van der Waals surface area contributed by atoms with E-state index in [2.05, 4.69) is 11.1 Å². The summed E-state index contributed by atoms with van der Waals surface area (Å²) in [4.78, 5) is 22.3.